The standard InChI is InChI=1S/C11H11ClOS/c12-11(13)6-5-8-7-14-10-4-2-1-3-9(8)10/h1-4,8H,5-7H2. The van der Waals surface area contributed by atoms with E-state index in [1.165, 1.54) is 10.5 Å². The van der Waals surface area contributed by atoms with E-state index in [1.807, 2.05) is 11.8 Å². The molecule has 0 fully saturated rings. The van der Waals surface area contributed by atoms with Gasteiger partial charge in [-0.3, -0.25) is 4.79 Å². The molecule has 1 nitrogen and oxygen atoms in total. The van der Waals surface area contributed by atoms with Gasteiger partial charge in [-0.2, -0.15) is 0 Å². The van der Waals surface area contributed by atoms with Gasteiger partial charge in [-0.25, -0.2) is 0 Å². The van der Waals surface area contributed by atoms with Gasteiger partial charge in [0.25, 0.3) is 0 Å². The van der Waals surface area contributed by atoms with Crippen LogP contribution in [0.1, 0.15) is 24.3 Å². The van der Waals surface area contributed by atoms with E-state index in [9.17, 15) is 4.79 Å². The molecule has 1 unspecified atom stereocenters. The molecule has 2 rings (SSSR count). The molecule has 0 radical (unpaired) electrons. The average molecular weight is 227 g/mol. The van der Waals surface area contributed by atoms with Crippen LogP contribution in [0.5, 0.6) is 0 Å². The molecule has 1 heterocycles. The van der Waals surface area contributed by atoms with Gasteiger partial charge in [0, 0.05) is 17.1 Å². The van der Waals surface area contributed by atoms with Crippen molar-refractivity contribution in [3.05, 3.63) is 29.8 Å². The molecule has 1 aliphatic heterocycles. The molecule has 1 aliphatic rings. The van der Waals surface area contributed by atoms with Crippen LogP contribution in [0, 0.1) is 0 Å². The minimum Gasteiger partial charge on any atom is -0.281 e. The molecule has 0 amide bonds. The highest BCUT2D eigenvalue weighted by Crippen LogP contribution is 2.41. The van der Waals surface area contributed by atoms with E-state index in [4.69, 9.17) is 11.6 Å². The zero-order valence-corrected chi connectivity index (χ0v) is 9.27. The Morgan fingerprint density at radius 1 is 1.50 bits per heavy atom. The summed E-state index contributed by atoms with van der Waals surface area (Å²) in [6, 6.07) is 8.41. The Bertz CT molecular complexity index is 351. The summed E-state index contributed by atoms with van der Waals surface area (Å²) < 4.78 is 0. The predicted octanol–water partition coefficient (Wildman–Crippen LogP) is 3.42. The number of fused-ring (bicyclic) bond motifs is 1. The molecule has 0 N–H and O–H groups in total. The first-order valence-electron chi connectivity index (χ1n) is 4.67. The lowest BCUT2D eigenvalue weighted by Crippen LogP contribution is -1.99. The first kappa shape index (κ1) is 10.1. The SMILES string of the molecule is O=C(Cl)CCC1CSc2ccccc21. The van der Waals surface area contributed by atoms with Gasteiger partial charge >= 0.3 is 0 Å². The molecular formula is C11H11ClOS. The van der Waals surface area contributed by atoms with Crippen LogP contribution in [-0.2, 0) is 4.79 Å². The molecule has 0 aliphatic carbocycles. The van der Waals surface area contributed by atoms with E-state index in [0.29, 0.717) is 12.3 Å². The van der Waals surface area contributed by atoms with Gasteiger partial charge < -0.3 is 0 Å². The van der Waals surface area contributed by atoms with E-state index < -0.39 is 0 Å². The van der Waals surface area contributed by atoms with Crippen LogP contribution in [0.3, 0.4) is 0 Å². The van der Waals surface area contributed by atoms with Gasteiger partial charge in [0.2, 0.25) is 5.24 Å². The smallest absolute Gasteiger partial charge is 0.221 e. The number of thioether (sulfide) groups is 1. The summed E-state index contributed by atoms with van der Waals surface area (Å²) in [6.45, 7) is 0. The molecule has 0 aromatic heterocycles. The quantitative estimate of drug-likeness (QED) is 0.735. The summed E-state index contributed by atoms with van der Waals surface area (Å²) in [4.78, 5) is 12.0. The molecular weight excluding hydrogens is 216 g/mol. The minimum absolute atomic E-state index is 0.223. The van der Waals surface area contributed by atoms with Crippen LogP contribution in [0.2, 0.25) is 0 Å². The molecule has 0 spiro atoms. The highest BCUT2D eigenvalue weighted by Gasteiger charge is 2.22. The Balaban J connectivity index is 2.07. The molecule has 0 saturated heterocycles. The maximum atomic E-state index is 10.7. The van der Waals surface area contributed by atoms with Crippen molar-refractivity contribution >= 4 is 28.6 Å². The largest absolute Gasteiger partial charge is 0.281 e. The molecule has 0 bridgehead atoms. The Kier molecular flexibility index (Phi) is 3.14. The van der Waals surface area contributed by atoms with Gasteiger partial charge in [0.1, 0.15) is 0 Å². The number of rotatable bonds is 3. The summed E-state index contributed by atoms with van der Waals surface area (Å²) in [6.07, 6.45) is 1.37. The molecule has 14 heavy (non-hydrogen) atoms. The van der Waals surface area contributed by atoms with Gasteiger partial charge in [0.15, 0.2) is 0 Å². The van der Waals surface area contributed by atoms with Crippen molar-refractivity contribution < 1.29 is 4.79 Å². The highest BCUT2D eigenvalue weighted by atomic mass is 35.5. The van der Waals surface area contributed by atoms with Crippen molar-refractivity contribution in [3.8, 4) is 0 Å². The van der Waals surface area contributed by atoms with Crippen molar-refractivity contribution in [2.75, 3.05) is 5.75 Å². The van der Waals surface area contributed by atoms with Gasteiger partial charge in [0.05, 0.1) is 0 Å². The lowest BCUT2D eigenvalue weighted by Gasteiger charge is -2.07. The van der Waals surface area contributed by atoms with Crippen molar-refractivity contribution in [2.24, 2.45) is 0 Å². The number of hydrogen-bond donors (Lipinski definition) is 0. The van der Waals surface area contributed by atoms with Gasteiger partial charge in [-0.15, -0.1) is 11.8 Å². The minimum atomic E-state index is -0.223. The van der Waals surface area contributed by atoms with E-state index in [2.05, 4.69) is 24.3 Å². The number of benzene rings is 1. The lowest BCUT2D eigenvalue weighted by atomic mass is 9.97. The van der Waals surface area contributed by atoms with Crippen molar-refractivity contribution in [3.63, 3.8) is 0 Å². The van der Waals surface area contributed by atoms with E-state index in [-0.39, 0.29) is 5.24 Å². The third-order valence-corrected chi connectivity index (χ3v) is 3.93. The van der Waals surface area contributed by atoms with Gasteiger partial charge in [-0.1, -0.05) is 18.2 Å². The Morgan fingerprint density at radius 2 is 2.29 bits per heavy atom. The molecule has 1 aromatic carbocycles. The number of hydrogen-bond acceptors (Lipinski definition) is 2. The average Bonchev–Trinajstić information content (AvgIpc) is 2.58. The lowest BCUT2D eigenvalue weighted by molar-refractivity contribution is -0.111. The summed E-state index contributed by atoms with van der Waals surface area (Å²) in [5, 5.41) is -0.223. The zero-order valence-electron chi connectivity index (χ0n) is 7.70. The fourth-order valence-corrected chi connectivity index (χ4v) is 3.17. The van der Waals surface area contributed by atoms with Crippen LogP contribution in [-0.4, -0.2) is 11.0 Å². The maximum Gasteiger partial charge on any atom is 0.221 e. The highest BCUT2D eigenvalue weighted by molar-refractivity contribution is 7.99. The van der Waals surface area contributed by atoms with Crippen molar-refractivity contribution in [1.29, 1.82) is 0 Å². The molecule has 74 valence electrons. The van der Waals surface area contributed by atoms with Crippen LogP contribution in [0.15, 0.2) is 29.2 Å². The molecule has 1 aromatic rings. The monoisotopic (exact) mass is 226 g/mol. The fraction of sp³-hybridized carbons (Fsp3) is 0.364. The van der Waals surface area contributed by atoms with E-state index in [1.54, 1.807) is 0 Å². The first-order chi connectivity index (χ1) is 6.77. The second-order valence-electron chi connectivity index (χ2n) is 3.44. The number of carbonyl (C=O) groups excluding carboxylic acids is 1. The van der Waals surface area contributed by atoms with E-state index >= 15 is 0 Å². The summed E-state index contributed by atoms with van der Waals surface area (Å²) in [5.74, 6) is 1.60. The Hall–Kier alpha value is -0.470. The predicted molar refractivity (Wildman–Crippen MR) is 60.0 cm³/mol. The third kappa shape index (κ3) is 2.12. The van der Waals surface area contributed by atoms with Crippen molar-refractivity contribution in [2.45, 2.75) is 23.7 Å². The normalized spacial score (nSPS) is 19.4. The maximum absolute atomic E-state index is 10.7. The van der Waals surface area contributed by atoms with Crippen LogP contribution in [0.25, 0.3) is 0 Å². The summed E-state index contributed by atoms with van der Waals surface area (Å²) in [5.41, 5.74) is 1.38. The van der Waals surface area contributed by atoms with Crippen LogP contribution >= 0.6 is 23.4 Å². The number of carbonyl (C=O) groups is 1. The molecule has 0 saturated carbocycles. The molecule has 3 heteroatoms. The summed E-state index contributed by atoms with van der Waals surface area (Å²) >= 11 is 7.21. The van der Waals surface area contributed by atoms with Crippen LogP contribution < -0.4 is 0 Å². The van der Waals surface area contributed by atoms with Gasteiger partial charge in [-0.05, 0) is 35.6 Å². The molecule has 1 atom stereocenters. The third-order valence-electron chi connectivity index (χ3n) is 2.49. The fourth-order valence-electron chi connectivity index (χ4n) is 1.76. The zero-order chi connectivity index (χ0) is 9.97. The Morgan fingerprint density at radius 3 is 3.07 bits per heavy atom. The topological polar surface area (TPSA) is 17.1 Å². The van der Waals surface area contributed by atoms with Crippen LogP contribution in [0.4, 0.5) is 0 Å². The first-order valence-corrected chi connectivity index (χ1v) is 6.04. The van der Waals surface area contributed by atoms with E-state index in [0.717, 1.165) is 12.2 Å². The Labute approximate surface area is 92.8 Å². The summed E-state index contributed by atoms with van der Waals surface area (Å²) in [7, 11) is 0. The number of halogens is 1. The van der Waals surface area contributed by atoms with Crippen molar-refractivity contribution in [1.82, 2.24) is 0 Å². The second kappa shape index (κ2) is 4.37. The second-order valence-corrected chi connectivity index (χ2v) is 4.92.